The van der Waals surface area contributed by atoms with Crippen molar-refractivity contribution in [1.82, 2.24) is 0 Å². The van der Waals surface area contributed by atoms with Crippen LogP contribution in [0.5, 0.6) is 17.2 Å². The molecule has 2 aromatic carbocycles. The van der Waals surface area contributed by atoms with E-state index in [2.05, 4.69) is 11.9 Å². The van der Waals surface area contributed by atoms with Gasteiger partial charge in [0.05, 0.1) is 12.3 Å². The van der Waals surface area contributed by atoms with Crippen LogP contribution in [-0.4, -0.2) is 19.6 Å². The molecule has 0 bridgehead atoms. The van der Waals surface area contributed by atoms with E-state index in [1.807, 2.05) is 43.3 Å². The second-order valence-electron chi connectivity index (χ2n) is 4.77. The molecule has 2 aromatic rings. The predicted molar refractivity (Wildman–Crippen MR) is 82.2 cm³/mol. The zero-order valence-electron chi connectivity index (χ0n) is 12.1. The van der Waals surface area contributed by atoms with E-state index in [1.165, 1.54) is 5.56 Å². The number of aryl methyl sites for hydroxylation is 1. The van der Waals surface area contributed by atoms with E-state index in [4.69, 9.17) is 14.2 Å². The molecular weight excluding hydrogens is 266 g/mol. The van der Waals surface area contributed by atoms with E-state index in [0.29, 0.717) is 12.4 Å². The van der Waals surface area contributed by atoms with Crippen LogP contribution in [-0.2, 0) is 0 Å². The minimum atomic E-state index is 0.249. The molecule has 0 saturated heterocycles. The lowest BCUT2D eigenvalue weighted by Gasteiger charge is -2.08. The number of fused-ring (bicyclic) bond motifs is 1. The van der Waals surface area contributed by atoms with Gasteiger partial charge in [-0.25, -0.2) is 0 Å². The van der Waals surface area contributed by atoms with Crippen molar-refractivity contribution in [1.29, 1.82) is 0 Å². The van der Waals surface area contributed by atoms with E-state index in [1.54, 1.807) is 6.21 Å². The molecule has 0 atom stereocenters. The molecule has 0 N–H and O–H groups in total. The maximum absolute atomic E-state index is 5.64. The van der Waals surface area contributed by atoms with E-state index >= 15 is 0 Å². The largest absolute Gasteiger partial charge is 0.493 e. The van der Waals surface area contributed by atoms with Gasteiger partial charge < -0.3 is 14.2 Å². The minimum absolute atomic E-state index is 0.249. The maximum Gasteiger partial charge on any atom is 0.231 e. The molecule has 21 heavy (non-hydrogen) atoms. The normalized spacial score (nSPS) is 12.9. The van der Waals surface area contributed by atoms with Crippen LogP contribution < -0.4 is 14.2 Å². The smallest absolute Gasteiger partial charge is 0.231 e. The molecule has 4 nitrogen and oxygen atoms in total. The Balaban J connectivity index is 1.91. The van der Waals surface area contributed by atoms with Crippen molar-refractivity contribution in [3.05, 3.63) is 47.5 Å². The standard InChI is InChI=1S/C17H17NO3/c1-3-19-15-9-17-16(20-11-21-17)8-13(15)10-18-14-6-4-12(2)5-7-14/h4-10H,3,11H2,1-2H3. The minimum Gasteiger partial charge on any atom is -0.493 e. The highest BCUT2D eigenvalue weighted by atomic mass is 16.7. The summed E-state index contributed by atoms with van der Waals surface area (Å²) in [5.74, 6) is 2.19. The van der Waals surface area contributed by atoms with E-state index in [9.17, 15) is 0 Å². The molecule has 0 fully saturated rings. The Labute approximate surface area is 124 Å². The summed E-state index contributed by atoms with van der Waals surface area (Å²) in [4.78, 5) is 4.48. The van der Waals surface area contributed by atoms with Crippen molar-refractivity contribution in [3.8, 4) is 17.2 Å². The molecule has 0 aromatic heterocycles. The number of aliphatic imine (C=N–C) groups is 1. The third-order valence-corrected chi connectivity index (χ3v) is 3.19. The van der Waals surface area contributed by atoms with Gasteiger partial charge in [-0.1, -0.05) is 17.7 Å². The Kier molecular flexibility index (Phi) is 3.77. The predicted octanol–water partition coefficient (Wildman–Crippen LogP) is 3.87. The molecule has 0 amide bonds. The average molecular weight is 283 g/mol. The Morgan fingerprint density at radius 3 is 2.57 bits per heavy atom. The second kappa shape index (κ2) is 5.87. The lowest BCUT2D eigenvalue weighted by molar-refractivity contribution is 0.174. The van der Waals surface area contributed by atoms with Crippen LogP contribution in [0, 0.1) is 6.92 Å². The fourth-order valence-corrected chi connectivity index (χ4v) is 2.10. The summed E-state index contributed by atoms with van der Waals surface area (Å²) in [6.45, 7) is 4.84. The average Bonchev–Trinajstić information content (AvgIpc) is 2.94. The van der Waals surface area contributed by atoms with Gasteiger partial charge in [-0.05, 0) is 32.0 Å². The van der Waals surface area contributed by atoms with Crippen molar-refractivity contribution in [3.63, 3.8) is 0 Å². The van der Waals surface area contributed by atoms with Crippen LogP contribution in [0.1, 0.15) is 18.1 Å². The molecule has 0 spiro atoms. The third-order valence-electron chi connectivity index (χ3n) is 3.19. The first-order valence-electron chi connectivity index (χ1n) is 6.93. The van der Waals surface area contributed by atoms with Gasteiger partial charge in [-0.2, -0.15) is 0 Å². The molecular formula is C17H17NO3. The molecule has 0 radical (unpaired) electrons. The molecule has 1 aliphatic heterocycles. The highest BCUT2D eigenvalue weighted by molar-refractivity contribution is 5.87. The van der Waals surface area contributed by atoms with Gasteiger partial charge >= 0.3 is 0 Å². The second-order valence-corrected chi connectivity index (χ2v) is 4.77. The Bertz CT molecular complexity index is 662. The first-order chi connectivity index (χ1) is 10.3. The SMILES string of the molecule is CCOc1cc2c(cc1C=Nc1ccc(C)cc1)OCO2. The van der Waals surface area contributed by atoms with Gasteiger partial charge in [-0.3, -0.25) is 4.99 Å². The van der Waals surface area contributed by atoms with Crippen molar-refractivity contribution >= 4 is 11.9 Å². The van der Waals surface area contributed by atoms with Crippen molar-refractivity contribution in [2.75, 3.05) is 13.4 Å². The first kappa shape index (κ1) is 13.5. The van der Waals surface area contributed by atoms with Gasteiger partial charge in [0.25, 0.3) is 0 Å². The summed E-state index contributed by atoms with van der Waals surface area (Å²) in [5.41, 5.74) is 2.99. The highest BCUT2D eigenvalue weighted by Crippen LogP contribution is 2.37. The van der Waals surface area contributed by atoms with E-state index in [-0.39, 0.29) is 6.79 Å². The number of nitrogens with zero attached hydrogens (tertiary/aromatic N) is 1. The quantitative estimate of drug-likeness (QED) is 0.800. The lowest BCUT2D eigenvalue weighted by Crippen LogP contribution is -1.96. The van der Waals surface area contributed by atoms with Crippen LogP contribution in [0.25, 0.3) is 0 Å². The number of hydrogen-bond acceptors (Lipinski definition) is 4. The zero-order valence-corrected chi connectivity index (χ0v) is 12.1. The third kappa shape index (κ3) is 2.99. The topological polar surface area (TPSA) is 40.0 Å². The van der Waals surface area contributed by atoms with Crippen molar-refractivity contribution in [2.24, 2.45) is 4.99 Å². The van der Waals surface area contributed by atoms with Gasteiger partial charge in [0.1, 0.15) is 5.75 Å². The van der Waals surface area contributed by atoms with Gasteiger partial charge in [0.15, 0.2) is 11.5 Å². The molecule has 108 valence electrons. The summed E-state index contributed by atoms with van der Waals surface area (Å²) in [6, 6.07) is 11.8. The summed E-state index contributed by atoms with van der Waals surface area (Å²) in [5, 5.41) is 0. The van der Waals surface area contributed by atoms with Crippen molar-refractivity contribution in [2.45, 2.75) is 13.8 Å². The summed E-state index contributed by atoms with van der Waals surface area (Å²) in [6.07, 6.45) is 1.79. The lowest BCUT2D eigenvalue weighted by atomic mass is 10.2. The molecule has 0 unspecified atom stereocenters. The Morgan fingerprint density at radius 2 is 1.86 bits per heavy atom. The van der Waals surface area contributed by atoms with Crippen molar-refractivity contribution < 1.29 is 14.2 Å². The summed E-state index contributed by atoms with van der Waals surface area (Å²) >= 11 is 0. The fraction of sp³-hybridized carbons (Fsp3) is 0.235. The molecule has 3 rings (SSSR count). The molecule has 1 heterocycles. The van der Waals surface area contributed by atoms with Crippen LogP contribution >= 0.6 is 0 Å². The van der Waals surface area contributed by atoms with Crippen LogP contribution in [0.4, 0.5) is 5.69 Å². The first-order valence-corrected chi connectivity index (χ1v) is 6.93. The van der Waals surface area contributed by atoms with Gasteiger partial charge in [0, 0.05) is 17.8 Å². The van der Waals surface area contributed by atoms with E-state index < -0.39 is 0 Å². The Hall–Kier alpha value is -2.49. The van der Waals surface area contributed by atoms with Crippen LogP contribution in [0.2, 0.25) is 0 Å². The fourth-order valence-electron chi connectivity index (χ4n) is 2.10. The highest BCUT2D eigenvalue weighted by Gasteiger charge is 2.17. The van der Waals surface area contributed by atoms with Crippen LogP contribution in [0.3, 0.4) is 0 Å². The molecule has 4 heteroatoms. The van der Waals surface area contributed by atoms with Gasteiger partial charge in [-0.15, -0.1) is 0 Å². The maximum atomic E-state index is 5.64. The zero-order chi connectivity index (χ0) is 14.7. The number of rotatable bonds is 4. The number of hydrogen-bond donors (Lipinski definition) is 0. The van der Waals surface area contributed by atoms with Crippen LogP contribution in [0.15, 0.2) is 41.4 Å². The molecule has 1 aliphatic rings. The number of ether oxygens (including phenoxy) is 3. The molecule has 0 saturated carbocycles. The molecule has 0 aliphatic carbocycles. The number of benzene rings is 2. The Morgan fingerprint density at radius 1 is 1.14 bits per heavy atom. The van der Waals surface area contributed by atoms with E-state index in [0.717, 1.165) is 22.7 Å². The van der Waals surface area contributed by atoms with Gasteiger partial charge in [0.2, 0.25) is 6.79 Å². The monoisotopic (exact) mass is 283 g/mol. The summed E-state index contributed by atoms with van der Waals surface area (Å²) < 4.78 is 16.4. The summed E-state index contributed by atoms with van der Waals surface area (Å²) in [7, 11) is 0.